The van der Waals surface area contributed by atoms with E-state index < -0.39 is 81.9 Å². The van der Waals surface area contributed by atoms with Gasteiger partial charge in [-0.25, -0.2) is 13.6 Å². The quantitative estimate of drug-likeness (QED) is 0.0899. The van der Waals surface area contributed by atoms with Crippen LogP contribution >= 0.6 is 11.8 Å². The van der Waals surface area contributed by atoms with Gasteiger partial charge in [-0.15, -0.1) is 11.8 Å². The summed E-state index contributed by atoms with van der Waals surface area (Å²) in [4.78, 5) is 26.7. The minimum atomic E-state index is -1.07. The van der Waals surface area contributed by atoms with Crippen LogP contribution in [0.1, 0.15) is 72.3 Å². The van der Waals surface area contributed by atoms with Gasteiger partial charge in [-0.2, -0.15) is 0 Å². The predicted octanol–water partition coefficient (Wildman–Crippen LogP) is 4.94. The van der Waals surface area contributed by atoms with Crippen LogP contribution in [0.25, 0.3) is 0 Å². The molecule has 4 rings (SSSR count). The average molecular weight is 698 g/mol. The number of nitrogens with zero attached hydrogens (tertiary/aromatic N) is 2. The van der Waals surface area contributed by atoms with E-state index in [2.05, 4.69) is 17.2 Å². The smallest absolute Gasteiger partial charge is 0.416 e. The number of thioether (sulfide) groups is 1. The second-order valence-corrected chi connectivity index (χ2v) is 14.5. The molecule has 2 aliphatic carbocycles. The van der Waals surface area contributed by atoms with Gasteiger partial charge in [0.1, 0.15) is 17.8 Å². The number of carbonyl (C=O) groups is 1. The molecule has 3 fully saturated rings. The minimum absolute atomic E-state index is 0.0476. The van der Waals surface area contributed by atoms with Gasteiger partial charge < -0.3 is 34.7 Å². The lowest BCUT2D eigenvalue weighted by Gasteiger charge is -2.29. The van der Waals surface area contributed by atoms with Crippen LogP contribution < -0.4 is 10.6 Å². The number of amidine groups is 1. The maximum absolute atomic E-state index is 14.1. The van der Waals surface area contributed by atoms with E-state index in [0.29, 0.717) is 16.3 Å². The standard InChI is InChI=1S/C32H45F2N5O8S/c1-8-13-48-17(2)36-29(37-22-16-24(44-12-11-40)27-26(22)45-32(6,7)46-27)25(39(42)43)28(35)38(30(41)47-31(3,4)5)23-15-19(23)18-9-10-20(33)21(34)14-18/h9-10,14,19,22-24,26-27,35-37,40H,2,8,11-13,15-16H2,1,3-7H3/t19-,22+,23+,24-,26-,27+/m0/s1. The monoisotopic (exact) mass is 697 g/mol. The number of amides is 1. The Morgan fingerprint density at radius 1 is 1.25 bits per heavy atom. The van der Waals surface area contributed by atoms with Gasteiger partial charge in [-0.05, 0) is 77.3 Å². The summed E-state index contributed by atoms with van der Waals surface area (Å²) in [5.41, 5.74) is -1.41. The summed E-state index contributed by atoms with van der Waals surface area (Å²) in [6, 6.07) is 1.93. The van der Waals surface area contributed by atoms with Crippen molar-refractivity contribution in [1.82, 2.24) is 15.5 Å². The number of aliphatic hydroxyl groups excluding tert-OH is 1. The highest BCUT2D eigenvalue weighted by Gasteiger charge is 2.56. The lowest BCUT2D eigenvalue weighted by Crippen LogP contribution is -2.48. The van der Waals surface area contributed by atoms with E-state index in [4.69, 9.17) is 24.4 Å². The SMILES string of the molecule is C=C(NC(N[C@@H]1C[C@H](OCCO)[C@H]2OC(C)(C)O[C@H]21)=C(C(=N)N(C(=O)OC(C)(C)C)[C@@H]1C[C@H]1c1ccc(F)c(F)c1)[N+](=O)[O-])SCCC. The van der Waals surface area contributed by atoms with E-state index in [0.717, 1.165) is 23.5 Å². The van der Waals surface area contributed by atoms with Crippen molar-refractivity contribution in [3.05, 3.63) is 68.6 Å². The zero-order valence-corrected chi connectivity index (χ0v) is 28.8. The molecule has 48 heavy (non-hydrogen) atoms. The van der Waals surface area contributed by atoms with Crippen molar-refractivity contribution in [2.24, 2.45) is 0 Å². The fraction of sp³-hybridized carbons (Fsp3) is 0.625. The summed E-state index contributed by atoms with van der Waals surface area (Å²) in [6.45, 7) is 14.1. The van der Waals surface area contributed by atoms with Crippen LogP contribution in [-0.4, -0.2) is 87.6 Å². The van der Waals surface area contributed by atoms with E-state index >= 15 is 0 Å². The number of aliphatic hydroxyl groups is 1. The summed E-state index contributed by atoms with van der Waals surface area (Å²) in [6.07, 6.45) is -1.39. The molecule has 266 valence electrons. The Hall–Kier alpha value is -3.31. The molecular formula is C32H45F2N5O8S. The first-order valence-electron chi connectivity index (χ1n) is 15.8. The second kappa shape index (κ2) is 15.1. The Balaban J connectivity index is 1.75. The van der Waals surface area contributed by atoms with E-state index in [1.807, 2.05) is 6.92 Å². The first-order chi connectivity index (χ1) is 22.5. The van der Waals surface area contributed by atoms with Gasteiger partial charge in [0.05, 0.1) is 35.3 Å². The zero-order valence-electron chi connectivity index (χ0n) is 28.0. The summed E-state index contributed by atoms with van der Waals surface area (Å²) in [7, 11) is 0. The van der Waals surface area contributed by atoms with Crippen molar-refractivity contribution in [2.75, 3.05) is 19.0 Å². The van der Waals surface area contributed by atoms with Crippen molar-refractivity contribution >= 4 is 23.7 Å². The van der Waals surface area contributed by atoms with Gasteiger partial charge in [-0.1, -0.05) is 19.6 Å². The summed E-state index contributed by atoms with van der Waals surface area (Å²) in [5.74, 6) is -3.96. The van der Waals surface area contributed by atoms with Crippen LogP contribution in [0.3, 0.4) is 0 Å². The molecular weight excluding hydrogens is 652 g/mol. The van der Waals surface area contributed by atoms with Gasteiger partial charge in [-0.3, -0.25) is 20.4 Å². The fourth-order valence-corrected chi connectivity index (χ4v) is 6.50. The van der Waals surface area contributed by atoms with Crippen molar-refractivity contribution in [2.45, 2.75) is 109 Å². The predicted molar refractivity (Wildman–Crippen MR) is 175 cm³/mol. The number of benzene rings is 1. The van der Waals surface area contributed by atoms with Crippen LogP contribution in [-0.2, 0) is 18.9 Å². The van der Waals surface area contributed by atoms with Crippen LogP contribution in [0.2, 0.25) is 0 Å². The Kier molecular flexibility index (Phi) is 11.8. The lowest BCUT2D eigenvalue weighted by molar-refractivity contribution is -0.417. The molecule has 6 atom stereocenters. The molecule has 1 saturated heterocycles. The van der Waals surface area contributed by atoms with Gasteiger partial charge in [0.2, 0.25) is 5.84 Å². The number of halogens is 2. The van der Waals surface area contributed by atoms with E-state index in [9.17, 15) is 28.8 Å². The first kappa shape index (κ1) is 37.5. The van der Waals surface area contributed by atoms with E-state index in [-0.39, 0.29) is 31.9 Å². The van der Waals surface area contributed by atoms with Gasteiger partial charge in [0.25, 0.3) is 0 Å². The number of fused-ring (bicyclic) bond motifs is 1. The Labute approximate surface area is 283 Å². The third kappa shape index (κ3) is 9.02. The summed E-state index contributed by atoms with van der Waals surface area (Å²) < 4.78 is 51.5. The molecule has 1 aromatic carbocycles. The number of ether oxygens (including phenoxy) is 4. The first-order valence-corrected chi connectivity index (χ1v) is 16.8. The highest BCUT2D eigenvalue weighted by Crippen LogP contribution is 2.46. The largest absolute Gasteiger partial charge is 0.443 e. The van der Waals surface area contributed by atoms with E-state index in [1.165, 1.54) is 17.8 Å². The summed E-state index contributed by atoms with van der Waals surface area (Å²) in [5, 5.41) is 37.9. The maximum Gasteiger partial charge on any atom is 0.416 e. The van der Waals surface area contributed by atoms with Crippen LogP contribution in [0.4, 0.5) is 13.6 Å². The number of nitrogens with one attached hydrogen (secondary N) is 3. The number of hydrogen-bond donors (Lipinski definition) is 4. The third-order valence-electron chi connectivity index (χ3n) is 7.85. The van der Waals surface area contributed by atoms with Gasteiger partial charge >= 0.3 is 11.8 Å². The number of nitro groups is 1. The molecule has 0 bridgehead atoms. The Bertz CT molecular complexity index is 1440. The number of carbonyl (C=O) groups excluding carboxylic acids is 1. The molecule has 0 unspecified atom stereocenters. The molecule has 13 nitrogen and oxygen atoms in total. The third-order valence-corrected chi connectivity index (χ3v) is 8.91. The molecule has 0 spiro atoms. The molecule has 1 aliphatic heterocycles. The normalized spacial score (nSPS) is 26.3. The molecule has 0 aromatic heterocycles. The zero-order chi connectivity index (χ0) is 35.6. The van der Waals surface area contributed by atoms with Gasteiger partial charge in [0.15, 0.2) is 23.2 Å². The van der Waals surface area contributed by atoms with Crippen molar-refractivity contribution < 1.29 is 42.6 Å². The second-order valence-electron chi connectivity index (χ2n) is 13.3. The van der Waals surface area contributed by atoms with Gasteiger partial charge in [0, 0.05) is 12.0 Å². The Morgan fingerprint density at radius 3 is 2.54 bits per heavy atom. The maximum atomic E-state index is 14.1. The molecule has 1 amide bonds. The topological polar surface area (TPSA) is 169 Å². The molecule has 16 heteroatoms. The lowest BCUT2D eigenvalue weighted by atomic mass is 10.1. The molecule has 1 aromatic rings. The average Bonchev–Trinajstić information content (AvgIpc) is 3.59. The molecule has 1 heterocycles. The minimum Gasteiger partial charge on any atom is -0.443 e. The van der Waals surface area contributed by atoms with Crippen molar-refractivity contribution in [3.63, 3.8) is 0 Å². The van der Waals surface area contributed by atoms with Crippen LogP contribution in [0, 0.1) is 27.2 Å². The molecule has 2 saturated carbocycles. The van der Waals surface area contributed by atoms with Crippen molar-refractivity contribution in [3.8, 4) is 0 Å². The fourth-order valence-electron chi connectivity index (χ4n) is 5.87. The molecule has 4 N–H and O–H groups in total. The molecule has 0 radical (unpaired) electrons. The highest BCUT2D eigenvalue weighted by atomic mass is 32.2. The Morgan fingerprint density at radius 2 is 1.94 bits per heavy atom. The summed E-state index contributed by atoms with van der Waals surface area (Å²) >= 11 is 1.32. The van der Waals surface area contributed by atoms with Crippen LogP contribution in [0.15, 0.2) is 41.3 Å². The van der Waals surface area contributed by atoms with Crippen LogP contribution in [0.5, 0.6) is 0 Å². The van der Waals surface area contributed by atoms with Crippen molar-refractivity contribution in [1.29, 1.82) is 5.41 Å². The van der Waals surface area contributed by atoms with E-state index in [1.54, 1.807) is 34.6 Å². The molecule has 3 aliphatic rings. The highest BCUT2D eigenvalue weighted by molar-refractivity contribution is 8.02. The number of rotatable bonds is 14. The number of hydrogen-bond acceptors (Lipinski definition) is 12.